The van der Waals surface area contributed by atoms with Gasteiger partial charge in [-0.1, -0.05) is 16.8 Å². The lowest BCUT2D eigenvalue weighted by atomic mass is 10.2. The van der Waals surface area contributed by atoms with E-state index in [0.29, 0.717) is 17.0 Å². The molecule has 0 atom stereocenters. The van der Waals surface area contributed by atoms with Crippen molar-refractivity contribution in [3.63, 3.8) is 0 Å². The van der Waals surface area contributed by atoms with Gasteiger partial charge in [0.15, 0.2) is 0 Å². The van der Waals surface area contributed by atoms with Crippen molar-refractivity contribution in [2.24, 2.45) is 0 Å². The second kappa shape index (κ2) is 4.50. The van der Waals surface area contributed by atoms with Crippen molar-refractivity contribution in [3.8, 4) is 0 Å². The minimum absolute atomic E-state index is 0.153. The first-order chi connectivity index (χ1) is 8.06. The Hall–Kier alpha value is -1.95. The first kappa shape index (κ1) is 11.5. The number of carbonyl (C=O) groups excluding carboxylic acids is 1. The summed E-state index contributed by atoms with van der Waals surface area (Å²) < 4.78 is 4.79. The molecule has 7 heteroatoms. The molecule has 2 heterocycles. The van der Waals surface area contributed by atoms with Crippen molar-refractivity contribution < 1.29 is 9.32 Å². The van der Waals surface area contributed by atoms with Gasteiger partial charge in [0.25, 0.3) is 5.91 Å². The van der Waals surface area contributed by atoms with Crippen LogP contribution in [0.15, 0.2) is 16.8 Å². The van der Waals surface area contributed by atoms with Crippen molar-refractivity contribution >= 4 is 23.5 Å². The second-order valence-corrected chi connectivity index (χ2v) is 3.79. The van der Waals surface area contributed by atoms with E-state index in [9.17, 15) is 4.79 Å². The number of nitrogens with one attached hydrogen (secondary N) is 1. The fourth-order valence-electron chi connectivity index (χ4n) is 1.27. The lowest BCUT2D eigenvalue weighted by molar-refractivity contribution is 0.102. The summed E-state index contributed by atoms with van der Waals surface area (Å²) in [6.07, 6.45) is 1.34. The van der Waals surface area contributed by atoms with Crippen molar-refractivity contribution in [1.82, 2.24) is 15.1 Å². The number of halogens is 1. The standard InChI is InChI=1S/C10H9ClN4O2/c1-5-3-8(11)14-10(13-5)15-9(16)7-4-12-17-6(7)2/h3-4H,1-2H3,(H,13,14,15,16). The van der Waals surface area contributed by atoms with Crippen LogP contribution in [0.1, 0.15) is 21.8 Å². The van der Waals surface area contributed by atoms with E-state index in [0.717, 1.165) is 0 Å². The highest BCUT2D eigenvalue weighted by atomic mass is 35.5. The van der Waals surface area contributed by atoms with Gasteiger partial charge in [-0.25, -0.2) is 9.97 Å². The lowest BCUT2D eigenvalue weighted by Crippen LogP contribution is -2.14. The third-order valence-electron chi connectivity index (χ3n) is 2.04. The maximum absolute atomic E-state index is 11.8. The fraction of sp³-hybridized carbons (Fsp3) is 0.200. The Morgan fingerprint density at radius 1 is 1.41 bits per heavy atom. The highest BCUT2D eigenvalue weighted by Gasteiger charge is 2.14. The van der Waals surface area contributed by atoms with Crippen LogP contribution in [-0.2, 0) is 0 Å². The van der Waals surface area contributed by atoms with E-state index in [1.165, 1.54) is 6.20 Å². The van der Waals surface area contributed by atoms with E-state index in [1.54, 1.807) is 19.9 Å². The van der Waals surface area contributed by atoms with Gasteiger partial charge in [0.2, 0.25) is 5.95 Å². The van der Waals surface area contributed by atoms with E-state index in [1.807, 2.05) is 0 Å². The molecule has 0 bridgehead atoms. The highest BCUT2D eigenvalue weighted by Crippen LogP contribution is 2.12. The van der Waals surface area contributed by atoms with E-state index in [-0.39, 0.29) is 17.0 Å². The number of hydrogen-bond acceptors (Lipinski definition) is 5. The van der Waals surface area contributed by atoms with Gasteiger partial charge in [-0.15, -0.1) is 0 Å². The molecule has 88 valence electrons. The van der Waals surface area contributed by atoms with Crippen LogP contribution >= 0.6 is 11.6 Å². The Morgan fingerprint density at radius 2 is 2.18 bits per heavy atom. The lowest BCUT2D eigenvalue weighted by Gasteiger charge is -2.03. The molecule has 0 unspecified atom stereocenters. The number of hydrogen-bond donors (Lipinski definition) is 1. The number of anilines is 1. The number of nitrogens with zero attached hydrogens (tertiary/aromatic N) is 3. The van der Waals surface area contributed by atoms with E-state index in [4.69, 9.17) is 16.1 Å². The number of aromatic nitrogens is 3. The normalized spacial score (nSPS) is 10.3. The molecule has 0 radical (unpaired) electrons. The van der Waals surface area contributed by atoms with Crippen molar-refractivity contribution in [2.75, 3.05) is 5.32 Å². The zero-order valence-corrected chi connectivity index (χ0v) is 9.95. The Labute approximate surface area is 102 Å². The third kappa shape index (κ3) is 2.59. The summed E-state index contributed by atoms with van der Waals surface area (Å²) in [5.41, 5.74) is 1.01. The SMILES string of the molecule is Cc1cc(Cl)nc(NC(=O)c2cnoc2C)n1. The molecule has 1 N–H and O–H groups in total. The average molecular weight is 253 g/mol. The summed E-state index contributed by atoms with van der Waals surface area (Å²) in [5, 5.41) is 6.31. The van der Waals surface area contributed by atoms with Gasteiger partial charge >= 0.3 is 0 Å². The van der Waals surface area contributed by atoms with Gasteiger partial charge in [0.1, 0.15) is 16.5 Å². The molecule has 0 aromatic carbocycles. The smallest absolute Gasteiger partial charge is 0.263 e. The first-order valence-electron chi connectivity index (χ1n) is 4.80. The Balaban J connectivity index is 2.21. The molecule has 0 saturated heterocycles. The number of rotatable bonds is 2. The third-order valence-corrected chi connectivity index (χ3v) is 2.24. The zero-order chi connectivity index (χ0) is 12.4. The molecular weight excluding hydrogens is 244 g/mol. The number of aryl methyl sites for hydroxylation is 2. The summed E-state index contributed by atoms with van der Waals surface area (Å²) in [5.74, 6) is 0.201. The molecule has 2 rings (SSSR count). The molecule has 0 aliphatic heterocycles. The second-order valence-electron chi connectivity index (χ2n) is 3.41. The minimum atomic E-state index is -0.384. The predicted octanol–water partition coefficient (Wildman–Crippen LogP) is 1.99. The summed E-state index contributed by atoms with van der Waals surface area (Å²) in [6, 6.07) is 1.60. The summed E-state index contributed by atoms with van der Waals surface area (Å²) >= 11 is 5.76. The van der Waals surface area contributed by atoms with Gasteiger partial charge in [-0.3, -0.25) is 10.1 Å². The molecule has 2 aromatic heterocycles. The molecule has 6 nitrogen and oxygen atoms in total. The minimum Gasteiger partial charge on any atom is -0.361 e. The topological polar surface area (TPSA) is 80.9 Å². The molecule has 2 aromatic rings. The van der Waals surface area contributed by atoms with Gasteiger partial charge < -0.3 is 4.52 Å². The van der Waals surface area contributed by atoms with Crippen LogP contribution in [0.3, 0.4) is 0 Å². The maximum Gasteiger partial charge on any atom is 0.263 e. The molecular formula is C10H9ClN4O2. The number of carbonyl (C=O) groups is 1. The van der Waals surface area contributed by atoms with Gasteiger partial charge in [-0.05, 0) is 19.9 Å². The van der Waals surface area contributed by atoms with Crippen molar-refractivity contribution in [2.45, 2.75) is 13.8 Å². The monoisotopic (exact) mass is 252 g/mol. The van der Waals surface area contributed by atoms with Crippen LogP contribution in [0.5, 0.6) is 0 Å². The van der Waals surface area contributed by atoms with Crippen LogP contribution in [0.2, 0.25) is 5.15 Å². The van der Waals surface area contributed by atoms with Gasteiger partial charge in [0, 0.05) is 5.69 Å². The molecule has 0 saturated carbocycles. The Morgan fingerprint density at radius 3 is 2.76 bits per heavy atom. The molecule has 17 heavy (non-hydrogen) atoms. The van der Waals surface area contributed by atoms with Gasteiger partial charge in [-0.2, -0.15) is 0 Å². The van der Waals surface area contributed by atoms with Crippen LogP contribution in [-0.4, -0.2) is 21.0 Å². The molecule has 0 spiro atoms. The van der Waals surface area contributed by atoms with E-state index >= 15 is 0 Å². The van der Waals surface area contributed by atoms with Crippen LogP contribution in [0.25, 0.3) is 0 Å². The molecule has 0 aliphatic carbocycles. The predicted molar refractivity (Wildman–Crippen MR) is 61.0 cm³/mol. The molecule has 1 amide bonds. The summed E-state index contributed by atoms with van der Waals surface area (Å²) in [4.78, 5) is 19.7. The largest absolute Gasteiger partial charge is 0.361 e. The van der Waals surface area contributed by atoms with Crippen LogP contribution in [0.4, 0.5) is 5.95 Å². The zero-order valence-electron chi connectivity index (χ0n) is 9.19. The van der Waals surface area contributed by atoms with Crippen LogP contribution < -0.4 is 5.32 Å². The Bertz CT molecular complexity index is 547. The molecule has 0 fully saturated rings. The van der Waals surface area contributed by atoms with Gasteiger partial charge in [0.05, 0.1) is 6.20 Å². The summed E-state index contributed by atoms with van der Waals surface area (Å²) in [7, 11) is 0. The summed E-state index contributed by atoms with van der Waals surface area (Å²) in [6.45, 7) is 3.40. The fourth-order valence-corrected chi connectivity index (χ4v) is 1.51. The molecule has 0 aliphatic rings. The first-order valence-corrected chi connectivity index (χ1v) is 5.18. The quantitative estimate of drug-likeness (QED) is 0.827. The van der Waals surface area contributed by atoms with Crippen molar-refractivity contribution in [1.29, 1.82) is 0 Å². The number of amides is 1. The average Bonchev–Trinajstić information content (AvgIpc) is 2.62. The highest BCUT2D eigenvalue weighted by molar-refractivity contribution is 6.29. The van der Waals surface area contributed by atoms with Crippen LogP contribution in [0, 0.1) is 13.8 Å². The van der Waals surface area contributed by atoms with E-state index in [2.05, 4.69) is 20.4 Å². The van der Waals surface area contributed by atoms with E-state index < -0.39 is 0 Å². The maximum atomic E-state index is 11.8. The Kier molecular flexibility index (Phi) is 3.06. The van der Waals surface area contributed by atoms with Crippen molar-refractivity contribution in [3.05, 3.63) is 34.4 Å².